The molecule has 3 nitrogen and oxygen atoms in total. The number of nitrogens with one attached hydrogen (secondary N) is 1. The molecule has 1 aromatic rings. The molecule has 1 aliphatic heterocycles. The molecule has 0 aromatic heterocycles. The molecular formula is C14H23ClN2O. The van der Waals surface area contributed by atoms with E-state index in [1.807, 2.05) is 0 Å². The fourth-order valence-corrected chi connectivity index (χ4v) is 2.45. The molecule has 1 fully saturated rings. The third kappa shape index (κ3) is 3.95. The Bertz CT molecular complexity index is 357. The van der Waals surface area contributed by atoms with Crippen LogP contribution in [0.5, 0.6) is 0 Å². The summed E-state index contributed by atoms with van der Waals surface area (Å²) < 4.78 is 0. The number of aliphatic hydroxyl groups excluding tert-OH is 1. The predicted molar refractivity (Wildman–Crippen MR) is 77.2 cm³/mol. The fraction of sp³-hybridized carbons (Fsp3) is 0.571. The van der Waals surface area contributed by atoms with Crippen LogP contribution in [0.15, 0.2) is 24.3 Å². The maximum absolute atomic E-state index is 9.10. The van der Waals surface area contributed by atoms with Crippen LogP contribution in [0.2, 0.25) is 0 Å². The molecule has 1 saturated heterocycles. The molecule has 0 spiro atoms. The minimum Gasteiger partial charge on any atom is -0.396 e. The van der Waals surface area contributed by atoms with Gasteiger partial charge in [-0.1, -0.05) is 24.3 Å². The molecular weight excluding hydrogens is 248 g/mol. The van der Waals surface area contributed by atoms with Gasteiger partial charge in [-0.3, -0.25) is 4.90 Å². The quantitative estimate of drug-likeness (QED) is 0.872. The van der Waals surface area contributed by atoms with Crippen LogP contribution in [-0.4, -0.2) is 42.3 Å². The van der Waals surface area contributed by atoms with E-state index in [-0.39, 0.29) is 19.0 Å². The van der Waals surface area contributed by atoms with Crippen molar-refractivity contribution in [1.29, 1.82) is 0 Å². The van der Waals surface area contributed by atoms with E-state index in [0.29, 0.717) is 6.04 Å². The van der Waals surface area contributed by atoms with Crippen molar-refractivity contribution in [2.24, 2.45) is 0 Å². The van der Waals surface area contributed by atoms with E-state index >= 15 is 0 Å². The van der Waals surface area contributed by atoms with Crippen molar-refractivity contribution in [3.63, 3.8) is 0 Å². The highest BCUT2D eigenvalue weighted by atomic mass is 35.5. The zero-order chi connectivity index (χ0) is 12.1. The van der Waals surface area contributed by atoms with Gasteiger partial charge in [-0.05, 0) is 24.5 Å². The number of aliphatic hydroxyl groups is 1. The van der Waals surface area contributed by atoms with E-state index in [1.54, 1.807) is 0 Å². The molecule has 0 amide bonds. The highest BCUT2D eigenvalue weighted by molar-refractivity contribution is 5.85. The van der Waals surface area contributed by atoms with E-state index < -0.39 is 0 Å². The summed E-state index contributed by atoms with van der Waals surface area (Å²) in [5, 5.41) is 12.5. The molecule has 1 atom stereocenters. The Balaban J connectivity index is 0.00000162. The van der Waals surface area contributed by atoms with Crippen LogP contribution >= 0.6 is 12.4 Å². The van der Waals surface area contributed by atoms with Gasteiger partial charge < -0.3 is 10.4 Å². The number of nitrogens with zero attached hydrogens (tertiary/aromatic N) is 1. The van der Waals surface area contributed by atoms with Gasteiger partial charge in [0.2, 0.25) is 0 Å². The van der Waals surface area contributed by atoms with Gasteiger partial charge in [0.05, 0.1) is 0 Å². The summed E-state index contributed by atoms with van der Waals surface area (Å²) in [6.45, 7) is 6.55. The second kappa shape index (κ2) is 7.74. The number of hydrogen-bond donors (Lipinski definition) is 2. The molecule has 2 N–H and O–H groups in total. The summed E-state index contributed by atoms with van der Waals surface area (Å²) in [5.41, 5.74) is 2.76. The van der Waals surface area contributed by atoms with Crippen LogP contribution < -0.4 is 5.32 Å². The van der Waals surface area contributed by atoms with Gasteiger partial charge in [-0.25, -0.2) is 0 Å². The Labute approximate surface area is 116 Å². The van der Waals surface area contributed by atoms with Crippen LogP contribution in [0, 0.1) is 6.92 Å². The summed E-state index contributed by atoms with van der Waals surface area (Å²) in [6, 6.07) is 9.02. The highest BCUT2D eigenvalue weighted by Gasteiger charge is 2.21. The highest BCUT2D eigenvalue weighted by Crippen LogP contribution is 2.15. The van der Waals surface area contributed by atoms with E-state index in [0.717, 1.165) is 32.6 Å². The Kier molecular flexibility index (Phi) is 6.65. The molecule has 4 heteroatoms. The minimum absolute atomic E-state index is 0. The smallest absolute Gasteiger partial charge is 0.0446 e. The molecule has 1 aliphatic rings. The van der Waals surface area contributed by atoms with Gasteiger partial charge in [0.25, 0.3) is 0 Å². The normalized spacial score (nSPS) is 20.4. The zero-order valence-corrected chi connectivity index (χ0v) is 11.7. The molecule has 18 heavy (non-hydrogen) atoms. The third-order valence-corrected chi connectivity index (χ3v) is 3.57. The minimum atomic E-state index is 0. The number of rotatable bonds is 4. The van der Waals surface area contributed by atoms with Crippen molar-refractivity contribution in [3.05, 3.63) is 35.4 Å². The lowest BCUT2D eigenvalue weighted by atomic mass is 10.1. The lowest BCUT2D eigenvalue weighted by Gasteiger charge is -2.36. The second-order valence-electron chi connectivity index (χ2n) is 4.77. The first-order chi connectivity index (χ1) is 8.31. The third-order valence-electron chi connectivity index (χ3n) is 3.57. The summed E-state index contributed by atoms with van der Waals surface area (Å²) in [4.78, 5) is 2.48. The summed E-state index contributed by atoms with van der Waals surface area (Å²) >= 11 is 0. The summed E-state index contributed by atoms with van der Waals surface area (Å²) in [5.74, 6) is 0. The van der Waals surface area contributed by atoms with Crippen molar-refractivity contribution in [3.8, 4) is 0 Å². The van der Waals surface area contributed by atoms with Crippen LogP contribution in [0.1, 0.15) is 17.5 Å². The lowest BCUT2D eigenvalue weighted by molar-refractivity contribution is 0.123. The average Bonchev–Trinajstić information content (AvgIpc) is 2.35. The van der Waals surface area contributed by atoms with Gasteiger partial charge in [-0.15, -0.1) is 12.4 Å². The van der Waals surface area contributed by atoms with E-state index in [9.17, 15) is 0 Å². The molecule has 0 aliphatic carbocycles. The van der Waals surface area contributed by atoms with E-state index in [2.05, 4.69) is 41.4 Å². The van der Waals surface area contributed by atoms with Crippen LogP contribution in [0.3, 0.4) is 0 Å². The SMILES string of the molecule is Cc1ccccc1CN1CCNCC1CCO.Cl. The van der Waals surface area contributed by atoms with E-state index in [1.165, 1.54) is 11.1 Å². The summed E-state index contributed by atoms with van der Waals surface area (Å²) in [7, 11) is 0. The zero-order valence-electron chi connectivity index (χ0n) is 10.9. The maximum Gasteiger partial charge on any atom is 0.0446 e. The van der Waals surface area contributed by atoms with Gasteiger partial charge in [-0.2, -0.15) is 0 Å². The molecule has 2 rings (SSSR count). The van der Waals surface area contributed by atoms with Gasteiger partial charge >= 0.3 is 0 Å². The molecule has 1 aromatic carbocycles. The van der Waals surface area contributed by atoms with Gasteiger partial charge in [0.1, 0.15) is 0 Å². The summed E-state index contributed by atoms with van der Waals surface area (Å²) in [6.07, 6.45) is 0.860. The first-order valence-electron chi connectivity index (χ1n) is 6.41. The van der Waals surface area contributed by atoms with Gasteiger partial charge in [0.15, 0.2) is 0 Å². The number of halogens is 1. The Morgan fingerprint density at radius 1 is 1.39 bits per heavy atom. The Morgan fingerprint density at radius 3 is 2.89 bits per heavy atom. The number of aryl methyl sites for hydroxylation is 1. The Morgan fingerprint density at radius 2 is 2.17 bits per heavy atom. The molecule has 1 heterocycles. The molecule has 0 radical (unpaired) electrons. The average molecular weight is 271 g/mol. The number of hydrogen-bond acceptors (Lipinski definition) is 3. The van der Waals surface area contributed by atoms with Crippen LogP contribution in [0.4, 0.5) is 0 Å². The topological polar surface area (TPSA) is 35.5 Å². The van der Waals surface area contributed by atoms with Crippen LogP contribution in [-0.2, 0) is 6.54 Å². The first kappa shape index (κ1) is 15.4. The molecule has 1 unspecified atom stereocenters. The van der Waals surface area contributed by atoms with Crippen molar-refractivity contribution < 1.29 is 5.11 Å². The number of piperazine rings is 1. The van der Waals surface area contributed by atoms with Crippen LogP contribution in [0.25, 0.3) is 0 Å². The fourth-order valence-electron chi connectivity index (χ4n) is 2.45. The maximum atomic E-state index is 9.10. The number of benzene rings is 1. The largest absolute Gasteiger partial charge is 0.396 e. The van der Waals surface area contributed by atoms with E-state index in [4.69, 9.17) is 5.11 Å². The molecule has 0 bridgehead atoms. The van der Waals surface area contributed by atoms with Crippen molar-refractivity contribution >= 4 is 12.4 Å². The molecule has 102 valence electrons. The second-order valence-corrected chi connectivity index (χ2v) is 4.77. The molecule has 0 saturated carbocycles. The first-order valence-corrected chi connectivity index (χ1v) is 6.41. The lowest BCUT2D eigenvalue weighted by Crippen LogP contribution is -2.51. The monoisotopic (exact) mass is 270 g/mol. The predicted octanol–water partition coefficient (Wildman–Crippen LogP) is 1.57. The van der Waals surface area contributed by atoms with Crippen molar-refractivity contribution in [2.75, 3.05) is 26.2 Å². The van der Waals surface area contributed by atoms with Crippen molar-refractivity contribution in [2.45, 2.75) is 25.9 Å². The van der Waals surface area contributed by atoms with Crippen molar-refractivity contribution in [1.82, 2.24) is 10.2 Å². The standard InChI is InChI=1S/C14H22N2O.ClH/c1-12-4-2-3-5-13(12)11-16-8-7-15-10-14(16)6-9-17;/h2-5,14-15,17H,6-11H2,1H3;1H. The van der Waals surface area contributed by atoms with Gasteiger partial charge in [0, 0.05) is 38.8 Å². The Hall–Kier alpha value is -0.610.